The average Bonchev–Trinajstić information content (AvgIpc) is 2.29. The molecule has 0 aliphatic carbocycles. The van der Waals surface area contributed by atoms with Crippen LogP contribution in [-0.2, 0) is 4.79 Å². The van der Waals surface area contributed by atoms with Gasteiger partial charge in [-0.25, -0.2) is 9.78 Å². The Morgan fingerprint density at radius 2 is 2.29 bits per heavy atom. The second kappa shape index (κ2) is 4.83. The summed E-state index contributed by atoms with van der Waals surface area (Å²) in [5.74, 6) is -0.647. The number of rotatable bonds is 4. The Labute approximate surface area is 100 Å². The summed E-state index contributed by atoms with van der Waals surface area (Å²) in [4.78, 5) is 15.3. The fraction of sp³-hybridized carbons (Fsp3) is 0.417. The van der Waals surface area contributed by atoms with Gasteiger partial charge in [-0.3, -0.25) is 0 Å². The Kier molecular flexibility index (Phi) is 3.69. The van der Waals surface area contributed by atoms with E-state index < -0.39 is 11.5 Å². The maximum atomic E-state index is 11.2. The molecule has 0 spiro atoms. The zero-order valence-electron chi connectivity index (χ0n) is 10.1. The number of carboxylic acid groups (broad SMARTS) is 1. The summed E-state index contributed by atoms with van der Waals surface area (Å²) in [5, 5.41) is 20.9. The van der Waals surface area contributed by atoms with Crippen LogP contribution in [0.4, 0.5) is 5.82 Å². The minimum Gasteiger partial charge on any atom is -0.480 e. The van der Waals surface area contributed by atoms with Crippen LogP contribution in [0.5, 0.6) is 0 Å². The molecule has 0 saturated carbocycles. The standard InChI is InChI=1S/C12H15N3O2/c1-4-12(3,11(16)17)15-10-9(7-13)6-5-8(2)14-10/h5-6H,4H2,1-3H3,(H,14,15)(H,16,17). The van der Waals surface area contributed by atoms with E-state index in [9.17, 15) is 4.79 Å². The molecular formula is C12H15N3O2. The molecule has 1 atom stereocenters. The topological polar surface area (TPSA) is 86.0 Å². The highest BCUT2D eigenvalue weighted by atomic mass is 16.4. The molecule has 1 heterocycles. The summed E-state index contributed by atoms with van der Waals surface area (Å²) in [5.41, 5.74) is -0.0429. The summed E-state index contributed by atoms with van der Waals surface area (Å²) in [6, 6.07) is 5.33. The van der Waals surface area contributed by atoms with Crippen LogP contribution >= 0.6 is 0 Å². The SMILES string of the molecule is CCC(C)(Nc1nc(C)ccc1C#N)C(=O)O. The molecule has 2 N–H and O–H groups in total. The average molecular weight is 233 g/mol. The van der Waals surface area contributed by atoms with Crippen LogP contribution in [0.1, 0.15) is 31.5 Å². The maximum absolute atomic E-state index is 11.2. The Hall–Kier alpha value is -2.09. The summed E-state index contributed by atoms with van der Waals surface area (Å²) in [6.07, 6.45) is 0.392. The van der Waals surface area contributed by atoms with Crippen molar-refractivity contribution in [3.05, 3.63) is 23.4 Å². The minimum absolute atomic E-state index is 0.319. The molecule has 5 heteroatoms. The van der Waals surface area contributed by atoms with Crippen molar-refractivity contribution in [3.63, 3.8) is 0 Å². The molecule has 5 nitrogen and oxygen atoms in total. The number of carbonyl (C=O) groups is 1. The summed E-state index contributed by atoms with van der Waals surface area (Å²) < 4.78 is 0. The number of nitrogens with one attached hydrogen (secondary N) is 1. The number of hydrogen-bond acceptors (Lipinski definition) is 4. The normalized spacial score (nSPS) is 13.5. The molecular weight excluding hydrogens is 218 g/mol. The number of nitriles is 1. The lowest BCUT2D eigenvalue weighted by Crippen LogP contribution is -2.43. The van der Waals surface area contributed by atoms with Gasteiger partial charge in [-0.2, -0.15) is 5.26 Å². The van der Waals surface area contributed by atoms with Crippen LogP contribution in [-0.4, -0.2) is 21.6 Å². The fourth-order valence-electron chi connectivity index (χ4n) is 1.30. The van der Waals surface area contributed by atoms with Gasteiger partial charge in [0.15, 0.2) is 0 Å². The first-order chi connectivity index (χ1) is 7.92. The van der Waals surface area contributed by atoms with E-state index in [1.165, 1.54) is 0 Å². The zero-order chi connectivity index (χ0) is 13.1. The first-order valence-corrected chi connectivity index (χ1v) is 5.32. The monoisotopic (exact) mass is 233 g/mol. The fourth-order valence-corrected chi connectivity index (χ4v) is 1.30. The van der Waals surface area contributed by atoms with E-state index in [4.69, 9.17) is 10.4 Å². The number of nitrogens with zero attached hydrogens (tertiary/aromatic N) is 2. The maximum Gasteiger partial charge on any atom is 0.329 e. The minimum atomic E-state index is -1.12. The van der Waals surface area contributed by atoms with Crippen molar-refractivity contribution in [2.24, 2.45) is 0 Å². The molecule has 17 heavy (non-hydrogen) atoms. The van der Waals surface area contributed by atoms with Gasteiger partial charge in [-0.15, -0.1) is 0 Å². The Bertz CT molecular complexity index is 479. The van der Waals surface area contributed by atoms with Gasteiger partial charge in [0.05, 0.1) is 5.56 Å². The number of hydrogen-bond donors (Lipinski definition) is 2. The molecule has 1 aromatic rings. The van der Waals surface area contributed by atoms with Crippen molar-refractivity contribution >= 4 is 11.8 Å². The van der Waals surface area contributed by atoms with E-state index in [1.54, 1.807) is 32.9 Å². The first kappa shape index (κ1) is 13.0. The van der Waals surface area contributed by atoms with Crippen molar-refractivity contribution in [1.82, 2.24) is 4.98 Å². The smallest absolute Gasteiger partial charge is 0.329 e. The van der Waals surface area contributed by atoms with E-state index in [0.29, 0.717) is 17.8 Å². The van der Waals surface area contributed by atoms with Gasteiger partial charge in [0.25, 0.3) is 0 Å². The van der Waals surface area contributed by atoms with Crippen molar-refractivity contribution in [1.29, 1.82) is 5.26 Å². The second-order valence-corrected chi connectivity index (χ2v) is 4.08. The van der Waals surface area contributed by atoms with Gasteiger partial charge >= 0.3 is 5.97 Å². The molecule has 90 valence electrons. The number of carboxylic acids is 1. The Morgan fingerprint density at radius 1 is 1.65 bits per heavy atom. The second-order valence-electron chi connectivity index (χ2n) is 4.08. The molecule has 0 bridgehead atoms. The van der Waals surface area contributed by atoms with Crippen molar-refractivity contribution in [2.45, 2.75) is 32.7 Å². The third-order valence-corrected chi connectivity index (χ3v) is 2.73. The lowest BCUT2D eigenvalue weighted by atomic mass is 9.99. The quantitative estimate of drug-likeness (QED) is 0.829. The van der Waals surface area contributed by atoms with Gasteiger partial charge < -0.3 is 10.4 Å². The Morgan fingerprint density at radius 3 is 2.76 bits per heavy atom. The van der Waals surface area contributed by atoms with Crippen molar-refractivity contribution in [3.8, 4) is 6.07 Å². The van der Waals surface area contributed by atoms with Gasteiger partial charge in [0.2, 0.25) is 0 Å². The number of anilines is 1. The summed E-state index contributed by atoms with van der Waals surface area (Å²) in [6.45, 7) is 5.12. The largest absolute Gasteiger partial charge is 0.480 e. The van der Waals surface area contributed by atoms with Crippen LogP contribution in [0.2, 0.25) is 0 Å². The van der Waals surface area contributed by atoms with Crippen LogP contribution < -0.4 is 5.32 Å². The molecule has 0 aliphatic heterocycles. The lowest BCUT2D eigenvalue weighted by Gasteiger charge is -2.25. The number of aliphatic carboxylic acids is 1. The third-order valence-electron chi connectivity index (χ3n) is 2.73. The molecule has 0 aliphatic rings. The molecule has 1 aromatic heterocycles. The zero-order valence-corrected chi connectivity index (χ0v) is 10.1. The van der Waals surface area contributed by atoms with E-state index >= 15 is 0 Å². The van der Waals surface area contributed by atoms with Crippen LogP contribution in [0.25, 0.3) is 0 Å². The number of pyridine rings is 1. The highest BCUT2D eigenvalue weighted by molar-refractivity contribution is 5.82. The van der Waals surface area contributed by atoms with E-state index in [-0.39, 0.29) is 0 Å². The van der Waals surface area contributed by atoms with Crippen LogP contribution in [0.15, 0.2) is 12.1 Å². The first-order valence-electron chi connectivity index (χ1n) is 5.32. The molecule has 0 amide bonds. The van der Waals surface area contributed by atoms with Crippen molar-refractivity contribution < 1.29 is 9.90 Å². The highest BCUT2D eigenvalue weighted by Crippen LogP contribution is 2.20. The number of aromatic nitrogens is 1. The highest BCUT2D eigenvalue weighted by Gasteiger charge is 2.31. The summed E-state index contributed by atoms with van der Waals surface area (Å²) in [7, 11) is 0. The predicted octanol–water partition coefficient (Wildman–Crippen LogP) is 1.93. The molecule has 0 saturated heterocycles. The van der Waals surface area contributed by atoms with E-state index in [2.05, 4.69) is 10.3 Å². The third kappa shape index (κ3) is 2.72. The van der Waals surface area contributed by atoms with E-state index in [1.807, 2.05) is 6.07 Å². The summed E-state index contributed by atoms with van der Waals surface area (Å²) >= 11 is 0. The molecule has 0 fully saturated rings. The molecule has 1 rings (SSSR count). The van der Waals surface area contributed by atoms with E-state index in [0.717, 1.165) is 5.69 Å². The van der Waals surface area contributed by atoms with Gasteiger partial charge in [-0.1, -0.05) is 6.92 Å². The molecule has 0 aromatic carbocycles. The van der Waals surface area contributed by atoms with Gasteiger partial charge in [0, 0.05) is 5.69 Å². The Balaban J connectivity index is 3.14. The van der Waals surface area contributed by atoms with Gasteiger partial charge in [-0.05, 0) is 32.4 Å². The molecule has 0 radical (unpaired) electrons. The van der Waals surface area contributed by atoms with Crippen LogP contribution in [0, 0.1) is 18.3 Å². The number of aryl methyl sites for hydroxylation is 1. The van der Waals surface area contributed by atoms with Crippen LogP contribution in [0.3, 0.4) is 0 Å². The lowest BCUT2D eigenvalue weighted by molar-refractivity contribution is -0.141. The van der Waals surface area contributed by atoms with Crippen molar-refractivity contribution in [2.75, 3.05) is 5.32 Å². The molecule has 1 unspecified atom stereocenters. The predicted molar refractivity (Wildman–Crippen MR) is 63.6 cm³/mol. The van der Waals surface area contributed by atoms with Gasteiger partial charge in [0.1, 0.15) is 17.4 Å².